The van der Waals surface area contributed by atoms with Crippen LogP contribution in [0.15, 0.2) is 0 Å². The van der Waals surface area contributed by atoms with Crippen molar-refractivity contribution in [3.05, 3.63) is 0 Å². The normalized spacial score (nSPS) is 18.2. The molecule has 0 saturated carbocycles. The van der Waals surface area contributed by atoms with Gasteiger partial charge in [-0.1, -0.05) is 6.92 Å². The van der Waals surface area contributed by atoms with Crippen LogP contribution in [-0.4, -0.2) is 66.9 Å². The molecular formula is C13H26N4O2. The molecule has 110 valence electrons. The lowest BCUT2D eigenvalue weighted by atomic mass is 10.2. The van der Waals surface area contributed by atoms with Crippen molar-refractivity contribution in [2.45, 2.75) is 32.7 Å². The quantitative estimate of drug-likeness (QED) is 0.675. The molecule has 1 atom stereocenters. The standard InChI is InChI=1S/C13H26N4O2/c1-3-4-15-12(18)10-16-5-7-17(8-6-16)13(19)9-11(2)14/h11H,3-10,14H2,1-2H3,(H,15,18). The van der Waals surface area contributed by atoms with Gasteiger partial charge >= 0.3 is 0 Å². The topological polar surface area (TPSA) is 78.7 Å². The van der Waals surface area contributed by atoms with Gasteiger partial charge in [0, 0.05) is 45.2 Å². The molecule has 0 aromatic heterocycles. The number of hydrogen-bond acceptors (Lipinski definition) is 4. The molecular weight excluding hydrogens is 244 g/mol. The van der Waals surface area contributed by atoms with Crippen LogP contribution in [0.1, 0.15) is 26.7 Å². The average Bonchev–Trinajstić information content (AvgIpc) is 2.36. The Morgan fingerprint density at radius 3 is 2.42 bits per heavy atom. The van der Waals surface area contributed by atoms with Crippen molar-refractivity contribution in [1.29, 1.82) is 0 Å². The summed E-state index contributed by atoms with van der Waals surface area (Å²) in [6.45, 7) is 7.91. The van der Waals surface area contributed by atoms with Crippen molar-refractivity contribution in [3.8, 4) is 0 Å². The highest BCUT2D eigenvalue weighted by Crippen LogP contribution is 2.04. The molecule has 0 aromatic rings. The number of nitrogens with zero attached hydrogens (tertiary/aromatic N) is 2. The zero-order chi connectivity index (χ0) is 14.3. The molecule has 1 saturated heterocycles. The van der Waals surface area contributed by atoms with Crippen molar-refractivity contribution >= 4 is 11.8 Å². The summed E-state index contributed by atoms with van der Waals surface area (Å²) in [7, 11) is 0. The van der Waals surface area contributed by atoms with Gasteiger partial charge in [-0.15, -0.1) is 0 Å². The Hall–Kier alpha value is -1.14. The zero-order valence-electron chi connectivity index (χ0n) is 12.0. The number of nitrogens with two attached hydrogens (primary N) is 1. The smallest absolute Gasteiger partial charge is 0.234 e. The van der Waals surface area contributed by atoms with Gasteiger partial charge in [-0.2, -0.15) is 0 Å². The third-order valence-corrected chi connectivity index (χ3v) is 3.16. The number of carbonyl (C=O) groups is 2. The minimum absolute atomic E-state index is 0.0669. The average molecular weight is 270 g/mol. The van der Waals surface area contributed by atoms with E-state index in [-0.39, 0.29) is 17.9 Å². The van der Waals surface area contributed by atoms with Crippen LogP contribution in [0.25, 0.3) is 0 Å². The lowest BCUT2D eigenvalue weighted by molar-refractivity contribution is -0.133. The van der Waals surface area contributed by atoms with Gasteiger partial charge in [0.1, 0.15) is 0 Å². The second-order valence-electron chi connectivity index (χ2n) is 5.19. The second-order valence-corrected chi connectivity index (χ2v) is 5.19. The van der Waals surface area contributed by atoms with Crippen LogP contribution in [0.5, 0.6) is 0 Å². The molecule has 0 aliphatic carbocycles. The maximum atomic E-state index is 11.8. The Morgan fingerprint density at radius 2 is 1.89 bits per heavy atom. The van der Waals surface area contributed by atoms with Crippen LogP contribution in [0, 0.1) is 0 Å². The lowest BCUT2D eigenvalue weighted by Crippen LogP contribution is -2.51. The van der Waals surface area contributed by atoms with Gasteiger partial charge in [-0.25, -0.2) is 0 Å². The molecule has 0 radical (unpaired) electrons. The maximum absolute atomic E-state index is 11.8. The highest BCUT2D eigenvalue weighted by Gasteiger charge is 2.22. The molecule has 1 aliphatic rings. The summed E-state index contributed by atoms with van der Waals surface area (Å²) in [5.41, 5.74) is 5.63. The molecule has 1 fully saturated rings. The molecule has 19 heavy (non-hydrogen) atoms. The number of piperazine rings is 1. The van der Waals surface area contributed by atoms with Crippen molar-refractivity contribution in [2.24, 2.45) is 5.73 Å². The molecule has 0 spiro atoms. The van der Waals surface area contributed by atoms with Crippen LogP contribution < -0.4 is 11.1 Å². The van der Waals surface area contributed by atoms with E-state index in [1.807, 2.05) is 18.7 Å². The van der Waals surface area contributed by atoms with Gasteiger partial charge in [0.25, 0.3) is 0 Å². The van der Waals surface area contributed by atoms with Crippen LogP contribution >= 0.6 is 0 Å². The summed E-state index contributed by atoms with van der Waals surface area (Å²) >= 11 is 0. The molecule has 0 aromatic carbocycles. The minimum atomic E-state index is -0.0923. The van der Waals surface area contributed by atoms with E-state index < -0.39 is 0 Å². The fraction of sp³-hybridized carbons (Fsp3) is 0.846. The number of rotatable bonds is 6. The van der Waals surface area contributed by atoms with E-state index in [1.165, 1.54) is 0 Å². The highest BCUT2D eigenvalue weighted by atomic mass is 16.2. The van der Waals surface area contributed by atoms with Crippen LogP contribution in [-0.2, 0) is 9.59 Å². The Kier molecular flexibility index (Phi) is 6.80. The Morgan fingerprint density at radius 1 is 1.26 bits per heavy atom. The number of hydrogen-bond donors (Lipinski definition) is 2. The fourth-order valence-corrected chi connectivity index (χ4v) is 2.08. The molecule has 3 N–H and O–H groups in total. The first-order valence-corrected chi connectivity index (χ1v) is 7.05. The number of amides is 2. The van der Waals surface area contributed by atoms with Crippen LogP contribution in [0.4, 0.5) is 0 Å². The monoisotopic (exact) mass is 270 g/mol. The largest absolute Gasteiger partial charge is 0.355 e. The summed E-state index contributed by atoms with van der Waals surface area (Å²) in [5.74, 6) is 0.183. The molecule has 0 bridgehead atoms. The van der Waals surface area contributed by atoms with E-state index in [2.05, 4.69) is 10.2 Å². The van der Waals surface area contributed by atoms with Crippen molar-refractivity contribution < 1.29 is 9.59 Å². The SMILES string of the molecule is CCCNC(=O)CN1CCN(C(=O)CC(C)N)CC1. The van der Waals surface area contributed by atoms with E-state index in [0.717, 1.165) is 26.1 Å². The predicted molar refractivity (Wildman–Crippen MR) is 74.6 cm³/mol. The van der Waals surface area contributed by atoms with Crippen LogP contribution in [0.2, 0.25) is 0 Å². The molecule has 6 nitrogen and oxygen atoms in total. The fourth-order valence-electron chi connectivity index (χ4n) is 2.08. The zero-order valence-corrected chi connectivity index (χ0v) is 12.0. The minimum Gasteiger partial charge on any atom is -0.355 e. The van der Waals surface area contributed by atoms with Crippen LogP contribution in [0.3, 0.4) is 0 Å². The lowest BCUT2D eigenvalue weighted by Gasteiger charge is -2.34. The first kappa shape index (κ1) is 15.9. The van der Waals surface area contributed by atoms with E-state index in [0.29, 0.717) is 26.1 Å². The van der Waals surface area contributed by atoms with Crippen molar-refractivity contribution in [2.75, 3.05) is 39.3 Å². The first-order chi connectivity index (χ1) is 9.02. The summed E-state index contributed by atoms with van der Waals surface area (Å²) in [6.07, 6.45) is 1.35. The van der Waals surface area contributed by atoms with Gasteiger partial charge in [0.05, 0.1) is 6.54 Å². The summed E-state index contributed by atoms with van der Waals surface area (Å²) < 4.78 is 0. The van der Waals surface area contributed by atoms with Gasteiger partial charge in [-0.3, -0.25) is 14.5 Å². The van der Waals surface area contributed by atoms with Gasteiger partial charge in [0.15, 0.2) is 0 Å². The predicted octanol–water partition coefficient (Wildman–Crippen LogP) is -0.606. The van der Waals surface area contributed by atoms with Gasteiger partial charge in [-0.05, 0) is 13.3 Å². The van der Waals surface area contributed by atoms with Gasteiger partial charge in [0.2, 0.25) is 11.8 Å². The van der Waals surface area contributed by atoms with E-state index in [4.69, 9.17) is 5.73 Å². The molecule has 1 heterocycles. The van der Waals surface area contributed by atoms with Crippen molar-refractivity contribution in [1.82, 2.24) is 15.1 Å². The van der Waals surface area contributed by atoms with E-state index >= 15 is 0 Å². The Balaban J connectivity index is 2.25. The van der Waals surface area contributed by atoms with Gasteiger partial charge < -0.3 is 16.0 Å². The molecule has 6 heteroatoms. The van der Waals surface area contributed by atoms with E-state index in [1.54, 1.807) is 0 Å². The Labute approximate surface area is 115 Å². The van der Waals surface area contributed by atoms with E-state index in [9.17, 15) is 9.59 Å². The molecule has 1 rings (SSSR count). The third kappa shape index (κ3) is 6.02. The molecule has 1 aliphatic heterocycles. The highest BCUT2D eigenvalue weighted by molar-refractivity contribution is 5.78. The first-order valence-electron chi connectivity index (χ1n) is 7.05. The summed E-state index contributed by atoms with van der Waals surface area (Å²) in [6, 6.07) is -0.0923. The number of carbonyl (C=O) groups excluding carboxylic acids is 2. The number of nitrogens with one attached hydrogen (secondary N) is 1. The Bertz CT molecular complexity index is 299. The maximum Gasteiger partial charge on any atom is 0.234 e. The summed E-state index contributed by atoms with van der Waals surface area (Å²) in [5, 5.41) is 2.86. The second kappa shape index (κ2) is 8.12. The van der Waals surface area contributed by atoms with Crippen molar-refractivity contribution in [3.63, 3.8) is 0 Å². The molecule has 2 amide bonds. The third-order valence-electron chi connectivity index (χ3n) is 3.16. The summed E-state index contributed by atoms with van der Waals surface area (Å²) in [4.78, 5) is 27.3. The molecule has 1 unspecified atom stereocenters.